The Morgan fingerprint density at radius 3 is 1.30 bits per heavy atom. The van der Waals surface area contributed by atoms with E-state index >= 15 is 0 Å². The summed E-state index contributed by atoms with van der Waals surface area (Å²) in [6.45, 7) is 6.36. The minimum Gasteiger partial charge on any atom is -0.393 e. The molecule has 0 saturated carbocycles. The monoisotopic (exact) mass is 1310 g/mol. The van der Waals surface area contributed by atoms with E-state index in [4.69, 9.17) is 17.2 Å². The topological polar surface area (TPSA) is 521 Å². The summed E-state index contributed by atoms with van der Waals surface area (Å²) in [5.74, 6) is -14.9. The summed E-state index contributed by atoms with van der Waals surface area (Å²) < 4.78 is 0. The molecule has 1 saturated heterocycles. The van der Waals surface area contributed by atoms with Crippen molar-refractivity contribution in [1.29, 1.82) is 0 Å². The summed E-state index contributed by atoms with van der Waals surface area (Å²) in [5, 5.41) is 76.6. The first kappa shape index (κ1) is 82.9. The van der Waals surface area contributed by atoms with E-state index in [1.54, 1.807) is 0 Å². The van der Waals surface area contributed by atoms with Gasteiger partial charge in [-0.15, -0.1) is 0 Å². The Bertz CT molecular complexity index is 2350. The fourth-order valence-corrected chi connectivity index (χ4v) is 10.1. The fourth-order valence-electron chi connectivity index (χ4n) is 10.1. The Kier molecular flexibility index (Phi) is 42.3. The predicted molar refractivity (Wildman–Crippen MR) is 337 cm³/mol. The number of carbonyl (C=O) groups excluding carboxylic acids is 13. The van der Waals surface area contributed by atoms with Crippen molar-refractivity contribution in [2.75, 3.05) is 13.1 Å². The van der Waals surface area contributed by atoms with Gasteiger partial charge < -0.3 is 95.9 Å². The number of nitrogens with one attached hydrogen (secondary N) is 10. The average Bonchev–Trinajstić information content (AvgIpc) is 0.939. The van der Waals surface area contributed by atoms with Crippen LogP contribution in [0.4, 0.5) is 0 Å². The van der Waals surface area contributed by atoms with Gasteiger partial charge in [0.25, 0.3) is 0 Å². The molecule has 1 aliphatic heterocycles. The lowest BCUT2D eigenvalue weighted by Gasteiger charge is -2.29. The Morgan fingerprint density at radius 1 is 0.424 bits per heavy atom. The summed E-state index contributed by atoms with van der Waals surface area (Å²) in [6.07, 6.45) is 7.57. The van der Waals surface area contributed by atoms with E-state index in [2.05, 4.69) is 67.0 Å². The van der Waals surface area contributed by atoms with Gasteiger partial charge in [0.15, 0.2) is 0 Å². The van der Waals surface area contributed by atoms with Crippen molar-refractivity contribution < 1.29 is 87.9 Å². The summed E-state index contributed by atoms with van der Waals surface area (Å²) in [5.41, 5.74) is 16.1. The van der Waals surface area contributed by atoms with Crippen LogP contribution in [0, 0.1) is 0 Å². The van der Waals surface area contributed by atoms with E-state index in [1.807, 2.05) is 0 Å². The number of primary amides is 3. The number of unbranched alkanes of at least 4 members (excludes halogenated alkanes) is 15. The van der Waals surface area contributed by atoms with Gasteiger partial charge in [-0.3, -0.25) is 62.3 Å². The van der Waals surface area contributed by atoms with E-state index < -0.39 is 188 Å². The molecule has 92 heavy (non-hydrogen) atoms. The molecule has 1 heterocycles. The zero-order valence-corrected chi connectivity index (χ0v) is 54.5. The van der Waals surface area contributed by atoms with E-state index in [9.17, 15) is 87.9 Å². The summed E-state index contributed by atoms with van der Waals surface area (Å²) >= 11 is 0. The second-order valence-corrected chi connectivity index (χ2v) is 24.1. The molecule has 13 atom stereocenters. The van der Waals surface area contributed by atoms with E-state index in [0.29, 0.717) is 44.9 Å². The van der Waals surface area contributed by atoms with Crippen LogP contribution in [0.25, 0.3) is 0 Å². The first-order chi connectivity index (χ1) is 43.5. The molecule has 526 valence electrons. The summed E-state index contributed by atoms with van der Waals surface area (Å²) in [4.78, 5) is 175. The van der Waals surface area contributed by atoms with Gasteiger partial charge in [0, 0.05) is 19.4 Å². The highest BCUT2D eigenvalue weighted by Crippen LogP contribution is 2.17. The number of amides is 13. The molecule has 1 rings (SSSR count). The van der Waals surface area contributed by atoms with Crippen LogP contribution in [0.15, 0.2) is 0 Å². The number of aliphatic hydroxyl groups is 5. The van der Waals surface area contributed by atoms with Crippen LogP contribution in [0.3, 0.4) is 0 Å². The predicted octanol–water partition coefficient (Wildman–Crippen LogP) is -2.61. The smallest absolute Gasteiger partial charge is 0.246 e. The molecule has 0 aromatic rings. The standard InChI is InChI=1S/C61H109N13O18/c1-6-8-10-12-13-14-15-17-22-26-40(78)28-29-42-55(86)66-35-50(83)65-31-30-49(82)68-41(27-23-19-16-18-21-25-39(77)24-20-11-9-7-2)56(87)71-45(34-48(63)81)58(89)72-44(33-47(62)80)57(88)67-36(3)54(85)70-43(32-46(79)53(64)84)59(90)73-52(38(5)76)61(92)74-51(37(4)75)60(91)69-42/h36-46,51-52,75-79H,6-35H2,1-5H3,(H2,62,80)(H2,63,81)(H2,64,84)(H,65,83)(H,66,86)(H,67,88)(H,68,82)(H,69,91)(H,70,85)(H,71,87)(H,72,89)(H,73,90)(H,74,92)/t36-,37-,38+,39+,40-,41+,42+,43+,44+,45-,46+,51-,52+/m0/s1. The second-order valence-electron chi connectivity index (χ2n) is 24.1. The number of hydrogen-bond donors (Lipinski definition) is 18. The Morgan fingerprint density at radius 2 is 0.815 bits per heavy atom. The van der Waals surface area contributed by atoms with Gasteiger partial charge in [0.05, 0.1) is 43.8 Å². The summed E-state index contributed by atoms with van der Waals surface area (Å²) in [6, 6.07) is -14.4. The van der Waals surface area contributed by atoms with Gasteiger partial charge in [0.1, 0.15) is 54.4 Å². The lowest BCUT2D eigenvalue weighted by molar-refractivity contribution is -0.139. The molecular formula is C61H109N13O18. The van der Waals surface area contributed by atoms with E-state index in [0.717, 1.165) is 97.8 Å². The number of aliphatic hydroxyl groups excluding tert-OH is 5. The van der Waals surface area contributed by atoms with Crippen molar-refractivity contribution in [1.82, 2.24) is 53.2 Å². The first-order valence-electron chi connectivity index (χ1n) is 32.7. The molecule has 0 unspecified atom stereocenters. The lowest BCUT2D eigenvalue weighted by atomic mass is 10.0. The van der Waals surface area contributed by atoms with E-state index in [1.165, 1.54) is 12.8 Å². The van der Waals surface area contributed by atoms with Crippen LogP contribution in [-0.4, -0.2) is 194 Å². The van der Waals surface area contributed by atoms with Crippen molar-refractivity contribution in [3.8, 4) is 0 Å². The van der Waals surface area contributed by atoms with Crippen LogP contribution in [0.2, 0.25) is 0 Å². The molecule has 0 radical (unpaired) electrons. The molecule has 0 aliphatic carbocycles. The molecule has 0 spiro atoms. The number of carbonyl (C=O) groups is 13. The molecule has 1 fully saturated rings. The van der Waals surface area contributed by atoms with E-state index in [-0.39, 0.29) is 25.8 Å². The van der Waals surface area contributed by atoms with Gasteiger partial charge in [-0.2, -0.15) is 0 Å². The van der Waals surface area contributed by atoms with Crippen molar-refractivity contribution in [2.24, 2.45) is 17.2 Å². The minimum absolute atomic E-state index is 0.0168. The third-order valence-corrected chi connectivity index (χ3v) is 15.6. The Hall–Kier alpha value is -7.09. The lowest BCUT2D eigenvalue weighted by Crippen LogP contribution is -2.63. The average molecular weight is 1310 g/mol. The molecular weight excluding hydrogens is 1200 g/mol. The maximum atomic E-state index is 14.1. The third kappa shape index (κ3) is 36.2. The maximum absolute atomic E-state index is 14.1. The van der Waals surface area contributed by atoms with Crippen LogP contribution < -0.4 is 70.4 Å². The van der Waals surface area contributed by atoms with Gasteiger partial charge in [0.2, 0.25) is 76.8 Å². The molecule has 13 amide bonds. The van der Waals surface area contributed by atoms with Crippen molar-refractivity contribution in [2.45, 2.75) is 293 Å². The second kappa shape index (κ2) is 46.9. The van der Waals surface area contributed by atoms with Gasteiger partial charge in [-0.05, 0) is 59.3 Å². The van der Waals surface area contributed by atoms with Crippen LogP contribution in [0.1, 0.15) is 214 Å². The molecule has 0 aromatic carbocycles. The van der Waals surface area contributed by atoms with Gasteiger partial charge in [-0.1, -0.05) is 129 Å². The molecule has 21 N–H and O–H groups in total. The molecule has 31 heteroatoms. The van der Waals surface area contributed by atoms with Crippen molar-refractivity contribution in [3.05, 3.63) is 0 Å². The quantitative estimate of drug-likeness (QED) is 0.0289. The highest BCUT2D eigenvalue weighted by atomic mass is 16.3. The number of hydrogen-bond acceptors (Lipinski definition) is 18. The third-order valence-electron chi connectivity index (χ3n) is 15.6. The van der Waals surface area contributed by atoms with Gasteiger partial charge >= 0.3 is 0 Å². The zero-order chi connectivity index (χ0) is 69.3. The summed E-state index contributed by atoms with van der Waals surface area (Å²) in [7, 11) is 0. The fraction of sp³-hybridized carbons (Fsp3) is 0.787. The molecule has 0 bridgehead atoms. The van der Waals surface area contributed by atoms with Crippen LogP contribution in [-0.2, 0) is 62.3 Å². The highest BCUT2D eigenvalue weighted by Gasteiger charge is 2.38. The largest absolute Gasteiger partial charge is 0.393 e. The molecule has 1 aliphatic rings. The highest BCUT2D eigenvalue weighted by molar-refractivity contribution is 6.00. The Labute approximate surface area is 539 Å². The maximum Gasteiger partial charge on any atom is 0.246 e. The SMILES string of the molecule is CCCCCCCCCCC[C@H](O)CC[C@H]1NC(=O)[C@H]([C@H](C)O)NC(=O)[C@@H]([C@@H](C)O)NC(=O)[C@@H](C[C@@H](O)C(N)=O)NC(=O)[C@H](C)NC(=O)[C@@H](CC(N)=O)NC(=O)[C@H](CC(N)=O)NC(=O)[C@@H](CCCCCCC[C@H](O)CCCCCC)NC(=O)CCNC(=O)CNC1=O. The first-order valence-corrected chi connectivity index (χ1v) is 32.7. The van der Waals surface area contributed by atoms with Gasteiger partial charge in [-0.25, -0.2) is 0 Å². The zero-order valence-electron chi connectivity index (χ0n) is 54.5. The van der Waals surface area contributed by atoms with Crippen LogP contribution >= 0.6 is 0 Å². The molecule has 0 aromatic heterocycles. The normalized spacial score (nSPS) is 23.5. The van der Waals surface area contributed by atoms with Crippen molar-refractivity contribution >= 4 is 76.8 Å². The number of nitrogens with two attached hydrogens (primary N) is 3. The van der Waals surface area contributed by atoms with Crippen LogP contribution in [0.5, 0.6) is 0 Å². The van der Waals surface area contributed by atoms with Crippen molar-refractivity contribution in [3.63, 3.8) is 0 Å². The Balaban J connectivity index is 3.76. The number of rotatable bonds is 35. The minimum atomic E-state index is -2.15. The molecule has 31 nitrogen and oxygen atoms in total.